The van der Waals surface area contributed by atoms with Crippen molar-refractivity contribution in [2.24, 2.45) is 0 Å². The Morgan fingerprint density at radius 3 is 2.34 bits per heavy atom. The molecule has 2 aromatic rings. The third-order valence-corrected chi connectivity index (χ3v) is 6.42. The first kappa shape index (κ1) is 24.2. The monoisotopic (exact) mass is 461 g/mol. The maximum absolute atomic E-state index is 12.8. The van der Waals surface area contributed by atoms with E-state index in [0.717, 1.165) is 11.1 Å². The molecule has 7 nitrogen and oxygen atoms in total. The molecule has 32 heavy (non-hydrogen) atoms. The van der Waals surface area contributed by atoms with Gasteiger partial charge in [0.25, 0.3) is 10.1 Å². The maximum atomic E-state index is 12.8. The topological polar surface area (TPSA) is 82.1 Å². The van der Waals surface area contributed by atoms with E-state index in [4.69, 9.17) is 13.7 Å². The Labute approximate surface area is 190 Å². The molecule has 0 spiro atoms. The van der Waals surface area contributed by atoms with Crippen molar-refractivity contribution in [1.29, 1.82) is 0 Å². The minimum Gasteiger partial charge on any atom is -0.444 e. The summed E-state index contributed by atoms with van der Waals surface area (Å²) in [7, 11) is -3.97. The number of carbonyl (C=O) groups is 1. The molecule has 1 saturated heterocycles. The average molecular weight is 462 g/mol. The second kappa shape index (κ2) is 10.0. The molecule has 0 aromatic heterocycles. The first-order chi connectivity index (χ1) is 15.0. The van der Waals surface area contributed by atoms with E-state index in [9.17, 15) is 13.2 Å². The molecule has 1 fully saturated rings. The van der Waals surface area contributed by atoms with E-state index in [1.165, 1.54) is 17.0 Å². The summed E-state index contributed by atoms with van der Waals surface area (Å²) in [6.07, 6.45) is -0.328. The fraction of sp³-hybridized carbons (Fsp3) is 0.458. The molecule has 0 saturated carbocycles. The molecule has 0 N–H and O–H groups in total. The van der Waals surface area contributed by atoms with Crippen LogP contribution in [0.4, 0.5) is 4.79 Å². The molecule has 1 heterocycles. The van der Waals surface area contributed by atoms with Gasteiger partial charge in [0.1, 0.15) is 5.60 Å². The summed E-state index contributed by atoms with van der Waals surface area (Å²) in [5, 5.41) is 0. The van der Waals surface area contributed by atoms with Crippen molar-refractivity contribution in [3.05, 3.63) is 65.7 Å². The van der Waals surface area contributed by atoms with Gasteiger partial charge in [-0.1, -0.05) is 48.0 Å². The second-order valence-corrected chi connectivity index (χ2v) is 10.5. The summed E-state index contributed by atoms with van der Waals surface area (Å²) >= 11 is 0. The smallest absolute Gasteiger partial charge is 0.410 e. The summed E-state index contributed by atoms with van der Waals surface area (Å²) in [5.74, 6) is 0. The molecule has 174 valence electrons. The number of ether oxygens (including phenoxy) is 2. The molecule has 2 atom stereocenters. The lowest BCUT2D eigenvalue weighted by molar-refractivity contribution is -0.0141. The Morgan fingerprint density at radius 2 is 1.72 bits per heavy atom. The zero-order valence-electron chi connectivity index (χ0n) is 19.0. The zero-order valence-corrected chi connectivity index (χ0v) is 19.8. The van der Waals surface area contributed by atoms with Gasteiger partial charge in [-0.3, -0.25) is 4.18 Å². The Balaban J connectivity index is 1.74. The van der Waals surface area contributed by atoms with E-state index in [1.807, 2.05) is 37.3 Å². The van der Waals surface area contributed by atoms with Gasteiger partial charge in [0.2, 0.25) is 0 Å². The Hall–Kier alpha value is -2.42. The van der Waals surface area contributed by atoms with Gasteiger partial charge in [0.15, 0.2) is 0 Å². The predicted octanol–water partition coefficient (Wildman–Crippen LogP) is 4.30. The third-order valence-electron chi connectivity index (χ3n) is 5.12. The summed E-state index contributed by atoms with van der Waals surface area (Å²) in [6, 6.07) is 15.5. The lowest BCUT2D eigenvalue weighted by Gasteiger charge is -2.30. The van der Waals surface area contributed by atoms with Crippen LogP contribution in [0.25, 0.3) is 0 Å². The van der Waals surface area contributed by atoms with Gasteiger partial charge >= 0.3 is 6.09 Å². The van der Waals surface area contributed by atoms with E-state index < -0.39 is 27.9 Å². The van der Waals surface area contributed by atoms with Crippen LogP contribution in [0.15, 0.2) is 59.5 Å². The highest BCUT2D eigenvalue weighted by Crippen LogP contribution is 2.26. The fourth-order valence-electron chi connectivity index (χ4n) is 3.47. The van der Waals surface area contributed by atoms with Crippen LogP contribution in [0.1, 0.15) is 38.3 Å². The normalized spacial score (nSPS) is 19.2. The number of hydrogen-bond acceptors (Lipinski definition) is 6. The molecule has 2 aromatic carbocycles. The van der Waals surface area contributed by atoms with Gasteiger partial charge in [0, 0.05) is 6.54 Å². The number of rotatable bonds is 7. The van der Waals surface area contributed by atoms with Crippen molar-refractivity contribution in [2.75, 3.05) is 13.2 Å². The number of nitrogens with zero attached hydrogens (tertiary/aromatic N) is 1. The summed E-state index contributed by atoms with van der Waals surface area (Å²) in [6.45, 7) is 7.78. The molecular weight excluding hydrogens is 430 g/mol. The molecule has 0 bridgehead atoms. The maximum Gasteiger partial charge on any atom is 0.410 e. The average Bonchev–Trinajstić information content (AvgIpc) is 3.14. The second-order valence-electron chi connectivity index (χ2n) is 8.92. The molecule has 1 amide bonds. The molecule has 1 aliphatic heterocycles. The van der Waals surface area contributed by atoms with Gasteiger partial charge in [-0.05, 0) is 51.8 Å². The molecule has 2 unspecified atom stereocenters. The van der Waals surface area contributed by atoms with Crippen LogP contribution < -0.4 is 0 Å². The van der Waals surface area contributed by atoms with E-state index in [0.29, 0.717) is 19.6 Å². The summed E-state index contributed by atoms with van der Waals surface area (Å²) in [5.41, 5.74) is 1.28. The standard InChI is InChI=1S/C24H31NO6S/c1-18-10-12-20(13-11-18)32(27,28)30-17-21-22(29-16-19-8-6-5-7-9-19)14-15-25(21)23(26)31-24(2,3)4/h5-13,21-22H,14-17H2,1-4H3. The molecule has 3 rings (SSSR count). The highest BCUT2D eigenvalue weighted by atomic mass is 32.2. The Morgan fingerprint density at radius 1 is 1.06 bits per heavy atom. The number of hydrogen-bond donors (Lipinski definition) is 0. The SMILES string of the molecule is Cc1ccc(S(=O)(=O)OCC2C(OCc3ccccc3)CCN2C(=O)OC(C)(C)C)cc1. The van der Waals surface area contributed by atoms with Gasteiger partial charge in [0.05, 0.1) is 30.3 Å². The van der Waals surface area contributed by atoms with Crippen LogP contribution in [0, 0.1) is 6.92 Å². The predicted molar refractivity (Wildman–Crippen MR) is 121 cm³/mol. The third kappa shape index (κ3) is 6.54. The van der Waals surface area contributed by atoms with Crippen molar-refractivity contribution >= 4 is 16.2 Å². The number of amides is 1. The van der Waals surface area contributed by atoms with Crippen molar-refractivity contribution in [2.45, 2.75) is 63.4 Å². The lowest BCUT2D eigenvalue weighted by Crippen LogP contribution is -2.46. The molecule has 1 aliphatic rings. The molecule has 8 heteroatoms. The van der Waals surface area contributed by atoms with Gasteiger partial charge in [-0.25, -0.2) is 4.79 Å². The highest BCUT2D eigenvalue weighted by Gasteiger charge is 2.41. The van der Waals surface area contributed by atoms with Crippen molar-refractivity contribution in [1.82, 2.24) is 4.90 Å². The summed E-state index contributed by atoms with van der Waals surface area (Å²) < 4.78 is 42.4. The number of aryl methyl sites for hydroxylation is 1. The quantitative estimate of drug-likeness (QED) is 0.572. The highest BCUT2D eigenvalue weighted by molar-refractivity contribution is 7.86. The van der Waals surface area contributed by atoms with Crippen LogP contribution in [0.5, 0.6) is 0 Å². The first-order valence-electron chi connectivity index (χ1n) is 10.7. The fourth-order valence-corrected chi connectivity index (χ4v) is 4.40. The number of likely N-dealkylation sites (tertiary alicyclic amines) is 1. The number of carbonyl (C=O) groups excluding carboxylic acids is 1. The Bertz CT molecular complexity index is 999. The molecular formula is C24H31NO6S. The van der Waals surface area contributed by atoms with E-state index in [-0.39, 0.29) is 17.6 Å². The minimum absolute atomic E-state index is 0.0756. The largest absolute Gasteiger partial charge is 0.444 e. The van der Waals surface area contributed by atoms with E-state index in [1.54, 1.807) is 32.9 Å². The van der Waals surface area contributed by atoms with Crippen LogP contribution >= 0.6 is 0 Å². The van der Waals surface area contributed by atoms with Crippen LogP contribution in [0.3, 0.4) is 0 Å². The van der Waals surface area contributed by atoms with Crippen LogP contribution in [-0.4, -0.2) is 50.3 Å². The van der Waals surface area contributed by atoms with Gasteiger partial charge < -0.3 is 14.4 Å². The minimum atomic E-state index is -3.97. The van der Waals surface area contributed by atoms with Gasteiger partial charge in [-0.2, -0.15) is 8.42 Å². The van der Waals surface area contributed by atoms with Crippen molar-refractivity contribution in [3.63, 3.8) is 0 Å². The van der Waals surface area contributed by atoms with Crippen LogP contribution in [-0.2, 0) is 30.4 Å². The first-order valence-corrected chi connectivity index (χ1v) is 12.1. The van der Waals surface area contributed by atoms with E-state index in [2.05, 4.69) is 0 Å². The van der Waals surface area contributed by atoms with Crippen LogP contribution in [0.2, 0.25) is 0 Å². The van der Waals surface area contributed by atoms with Crippen molar-refractivity contribution in [3.8, 4) is 0 Å². The number of benzene rings is 2. The van der Waals surface area contributed by atoms with Gasteiger partial charge in [-0.15, -0.1) is 0 Å². The molecule has 0 radical (unpaired) electrons. The van der Waals surface area contributed by atoms with E-state index >= 15 is 0 Å². The lowest BCUT2D eigenvalue weighted by atomic mass is 10.1. The summed E-state index contributed by atoms with van der Waals surface area (Å²) in [4.78, 5) is 14.3. The Kier molecular flexibility index (Phi) is 7.59. The molecule has 0 aliphatic carbocycles. The van der Waals surface area contributed by atoms with Crippen molar-refractivity contribution < 1.29 is 26.9 Å². The zero-order chi connectivity index (χ0) is 23.4.